The van der Waals surface area contributed by atoms with Crippen LogP contribution in [-0.4, -0.2) is 102 Å². The Morgan fingerprint density at radius 1 is 0.818 bits per heavy atom. The third-order valence-corrected chi connectivity index (χ3v) is 5.04. The van der Waals surface area contributed by atoms with Crippen molar-refractivity contribution in [1.82, 2.24) is 14.8 Å². The molecule has 1 aliphatic rings. The van der Waals surface area contributed by atoms with E-state index in [1.54, 1.807) is 11.0 Å². The molecular weight excluding hydrogens is 587 g/mol. The predicted molar refractivity (Wildman–Crippen MR) is 109 cm³/mol. The van der Waals surface area contributed by atoms with Gasteiger partial charge in [-0.2, -0.15) is 0 Å². The van der Waals surface area contributed by atoms with Gasteiger partial charge in [0, 0.05) is 18.6 Å². The molecule has 2 rings (SSSR count). The second kappa shape index (κ2) is 15.9. The summed E-state index contributed by atoms with van der Waals surface area (Å²) in [6.45, 7) is -1.26. The minimum absolute atomic E-state index is 0. The molecule has 1 heterocycles. The maximum absolute atomic E-state index is 11.5. The normalized spacial score (nSPS) is 17.3. The number of carboxylic acid groups (broad SMARTS) is 4. The van der Waals surface area contributed by atoms with Crippen molar-refractivity contribution in [3.8, 4) is 0 Å². The molecule has 1 aromatic rings. The van der Waals surface area contributed by atoms with Crippen molar-refractivity contribution in [3.63, 3.8) is 0 Å². The third kappa shape index (κ3) is 10.8. The van der Waals surface area contributed by atoms with E-state index in [-0.39, 0.29) is 69.7 Å². The molecule has 0 spiro atoms. The Hall–Kier alpha value is -1.81. The van der Waals surface area contributed by atoms with Gasteiger partial charge in [-0.15, -0.1) is 0 Å². The Morgan fingerprint density at radius 2 is 1.27 bits per heavy atom. The Balaban J connectivity index is 0. The summed E-state index contributed by atoms with van der Waals surface area (Å²) in [5.74, 6) is -4.63. The molecule has 1 aliphatic carbocycles. The van der Waals surface area contributed by atoms with E-state index in [4.69, 9.17) is 5.11 Å². The summed E-state index contributed by atoms with van der Waals surface area (Å²) in [4.78, 5) is 52.2. The molecular formula is C19H29GdN3O10+3. The van der Waals surface area contributed by atoms with Crippen LogP contribution < -0.4 is 0 Å². The fraction of sp³-hybridized carbons (Fsp3) is 0.526. The molecule has 8 N–H and O–H groups in total. The number of aliphatic carboxylic acids is 3. The van der Waals surface area contributed by atoms with E-state index in [1.165, 1.54) is 17.0 Å². The van der Waals surface area contributed by atoms with Crippen LogP contribution in [0.2, 0.25) is 0 Å². The Labute approximate surface area is 221 Å². The van der Waals surface area contributed by atoms with Crippen LogP contribution in [0.5, 0.6) is 0 Å². The van der Waals surface area contributed by atoms with E-state index in [0.29, 0.717) is 18.5 Å². The monoisotopic (exact) mass is 617 g/mol. The molecule has 185 valence electrons. The summed E-state index contributed by atoms with van der Waals surface area (Å²) in [5.41, 5.74) is 0.199. The van der Waals surface area contributed by atoms with Gasteiger partial charge in [-0.3, -0.25) is 24.2 Å². The van der Waals surface area contributed by atoms with Gasteiger partial charge in [0.1, 0.15) is 5.69 Å². The molecule has 1 fully saturated rings. The van der Waals surface area contributed by atoms with Crippen LogP contribution in [-0.2, 0) is 20.9 Å². The second-order valence-corrected chi connectivity index (χ2v) is 7.23. The van der Waals surface area contributed by atoms with Gasteiger partial charge in [0.2, 0.25) is 0 Å². The predicted octanol–water partition coefficient (Wildman–Crippen LogP) is -1.20. The molecule has 1 aromatic heterocycles. The molecule has 2 atom stereocenters. The molecule has 33 heavy (non-hydrogen) atoms. The number of carbonyl (C=O) groups is 4. The minimum Gasteiger partial charge on any atom is -0.480 e. The number of hydrogen-bond donors (Lipinski definition) is 4. The van der Waals surface area contributed by atoms with Gasteiger partial charge >= 0.3 is 63.8 Å². The number of aromatic carboxylic acids is 1. The maximum atomic E-state index is 11.5. The van der Waals surface area contributed by atoms with Crippen LogP contribution in [0.15, 0.2) is 18.2 Å². The number of aromatic nitrogens is 1. The second-order valence-electron chi connectivity index (χ2n) is 7.23. The van der Waals surface area contributed by atoms with Crippen LogP contribution in [0, 0.1) is 39.9 Å². The standard InChI is InChI=1S/C19H25N3O8.Gd.2H2O/c23-16(24)9-21(8-12-4-3-5-13(20-12)19(29)30)14-6-1-2-7-15(14)22(10-17(25)26)11-18(27)28;;;/h3-5,14-15H,1-2,6-11H2,(H,23,24)(H,25,26)(H,27,28)(H,29,30);;2*1H2/q;+3;;/t14-,15-;;;/m1.../s1. The van der Waals surface area contributed by atoms with E-state index in [1.807, 2.05) is 0 Å². The molecule has 0 aromatic carbocycles. The molecule has 14 heteroatoms. The smallest absolute Gasteiger partial charge is 0.480 e. The summed E-state index contributed by atoms with van der Waals surface area (Å²) < 4.78 is 0. The van der Waals surface area contributed by atoms with E-state index >= 15 is 0 Å². The molecule has 1 saturated carbocycles. The van der Waals surface area contributed by atoms with Gasteiger partial charge in [-0.25, -0.2) is 9.78 Å². The van der Waals surface area contributed by atoms with Crippen LogP contribution in [0.3, 0.4) is 0 Å². The summed E-state index contributed by atoms with van der Waals surface area (Å²) >= 11 is 0. The molecule has 0 amide bonds. The van der Waals surface area contributed by atoms with Gasteiger partial charge < -0.3 is 31.4 Å². The van der Waals surface area contributed by atoms with Crippen molar-refractivity contribution in [3.05, 3.63) is 29.6 Å². The quantitative estimate of drug-likeness (QED) is 0.231. The van der Waals surface area contributed by atoms with Crippen molar-refractivity contribution in [2.24, 2.45) is 0 Å². The summed E-state index contributed by atoms with van der Waals surface area (Å²) in [7, 11) is 0. The molecule has 0 aliphatic heterocycles. The van der Waals surface area contributed by atoms with Crippen molar-refractivity contribution >= 4 is 23.9 Å². The average Bonchev–Trinajstić information content (AvgIpc) is 2.66. The summed E-state index contributed by atoms with van der Waals surface area (Å²) in [5, 5.41) is 36.9. The first kappa shape index (κ1) is 33.4. The van der Waals surface area contributed by atoms with Crippen molar-refractivity contribution in [1.29, 1.82) is 0 Å². The molecule has 1 radical (unpaired) electrons. The van der Waals surface area contributed by atoms with Gasteiger partial charge in [0.25, 0.3) is 0 Å². The van der Waals surface area contributed by atoms with Gasteiger partial charge in [-0.1, -0.05) is 18.9 Å². The Morgan fingerprint density at radius 3 is 1.73 bits per heavy atom. The molecule has 0 unspecified atom stereocenters. The van der Waals surface area contributed by atoms with Crippen LogP contribution >= 0.6 is 0 Å². The largest absolute Gasteiger partial charge is 3.00 e. The van der Waals surface area contributed by atoms with Crippen molar-refractivity contribution < 1.29 is 90.5 Å². The van der Waals surface area contributed by atoms with E-state index in [0.717, 1.165) is 12.8 Å². The average molecular weight is 617 g/mol. The number of carboxylic acids is 4. The van der Waals surface area contributed by atoms with Crippen molar-refractivity contribution in [2.75, 3.05) is 19.6 Å². The molecule has 13 nitrogen and oxygen atoms in total. The Bertz CT molecular complexity index is 794. The number of rotatable bonds is 11. The summed E-state index contributed by atoms with van der Waals surface area (Å²) in [6.07, 6.45) is 2.65. The van der Waals surface area contributed by atoms with Crippen LogP contribution in [0.4, 0.5) is 0 Å². The Kier molecular flexibility index (Phi) is 16.1. The van der Waals surface area contributed by atoms with Gasteiger partial charge in [0.15, 0.2) is 0 Å². The third-order valence-electron chi connectivity index (χ3n) is 5.04. The van der Waals surface area contributed by atoms with E-state index in [9.17, 15) is 34.5 Å². The molecule has 0 bridgehead atoms. The van der Waals surface area contributed by atoms with E-state index < -0.39 is 49.1 Å². The van der Waals surface area contributed by atoms with Gasteiger partial charge in [-0.05, 0) is 25.0 Å². The maximum Gasteiger partial charge on any atom is 3.00 e. The minimum atomic E-state index is -1.20. The zero-order valence-electron chi connectivity index (χ0n) is 17.7. The SMILES string of the molecule is O.O.O=C(O)CN(CC(=O)O)[C@@H]1CCCC[C@H]1N(CC(=O)O)Cc1cccc(C(=O)O)n1.[Gd+3]. The zero-order valence-corrected chi connectivity index (χ0v) is 19.9. The molecule has 0 saturated heterocycles. The van der Waals surface area contributed by atoms with E-state index in [2.05, 4.69) is 4.98 Å². The van der Waals surface area contributed by atoms with Gasteiger partial charge in [0.05, 0.1) is 25.3 Å². The zero-order chi connectivity index (χ0) is 22.3. The van der Waals surface area contributed by atoms with Crippen molar-refractivity contribution in [2.45, 2.75) is 44.3 Å². The fourth-order valence-corrected chi connectivity index (χ4v) is 3.94. The van der Waals surface area contributed by atoms with Crippen LogP contribution in [0.25, 0.3) is 0 Å². The first-order valence-corrected chi connectivity index (χ1v) is 9.50. The van der Waals surface area contributed by atoms with Crippen LogP contribution in [0.1, 0.15) is 41.9 Å². The number of hydrogen-bond acceptors (Lipinski definition) is 7. The fourth-order valence-electron chi connectivity index (χ4n) is 3.94. The first-order valence-electron chi connectivity index (χ1n) is 9.50. The number of nitrogens with zero attached hydrogens (tertiary/aromatic N) is 3. The first-order chi connectivity index (χ1) is 14.2. The number of pyridine rings is 1. The summed E-state index contributed by atoms with van der Waals surface area (Å²) in [6, 6.07) is 3.56. The topological polar surface area (TPSA) is 232 Å².